The second-order valence-corrected chi connectivity index (χ2v) is 6.76. The number of nitrogens with zero attached hydrogens (tertiary/aromatic N) is 7. The molecule has 0 spiro atoms. The van der Waals surface area contributed by atoms with Crippen LogP contribution in [0.25, 0.3) is 0 Å². The van der Waals surface area contributed by atoms with E-state index in [1.165, 1.54) is 0 Å². The Hall–Kier alpha value is -2.45. The molecule has 1 aliphatic rings. The molecule has 0 saturated heterocycles. The van der Waals surface area contributed by atoms with Gasteiger partial charge in [0.15, 0.2) is 0 Å². The lowest BCUT2D eigenvalue weighted by atomic mass is 10.2. The van der Waals surface area contributed by atoms with Gasteiger partial charge in [-0.1, -0.05) is 0 Å². The average molecular weight is 355 g/mol. The largest absolute Gasteiger partial charge is 0.380 e. The molecular formula is C18H25N7O. The maximum Gasteiger partial charge on any atom is 0.139 e. The highest BCUT2D eigenvalue weighted by Crippen LogP contribution is 2.23. The first-order valence-electron chi connectivity index (χ1n) is 9.10. The van der Waals surface area contributed by atoms with Gasteiger partial charge in [-0.2, -0.15) is 10.2 Å². The third-order valence-corrected chi connectivity index (χ3v) is 5.04. The van der Waals surface area contributed by atoms with Crippen LogP contribution >= 0.6 is 0 Å². The van der Waals surface area contributed by atoms with Crippen molar-refractivity contribution in [2.24, 2.45) is 7.05 Å². The van der Waals surface area contributed by atoms with E-state index >= 15 is 0 Å². The molecule has 138 valence electrons. The molecular weight excluding hydrogens is 330 g/mol. The van der Waals surface area contributed by atoms with Crippen LogP contribution in [0.15, 0.2) is 30.7 Å². The number of rotatable bonds is 5. The second-order valence-electron chi connectivity index (χ2n) is 6.76. The summed E-state index contributed by atoms with van der Waals surface area (Å²) in [5.74, 6) is 1.09. The van der Waals surface area contributed by atoms with Gasteiger partial charge in [-0.15, -0.1) is 0 Å². The normalized spacial score (nSPS) is 16.4. The van der Waals surface area contributed by atoms with Crippen LogP contribution < -0.4 is 0 Å². The first-order valence-corrected chi connectivity index (χ1v) is 9.10. The fraction of sp³-hybridized carbons (Fsp3) is 0.500. The monoisotopic (exact) mass is 355 g/mol. The summed E-state index contributed by atoms with van der Waals surface area (Å²) in [6.45, 7) is 6.58. The molecule has 0 aliphatic carbocycles. The molecule has 4 rings (SSSR count). The van der Waals surface area contributed by atoms with Crippen LogP contribution in [0.2, 0.25) is 0 Å². The topological polar surface area (TPSA) is 76.9 Å². The van der Waals surface area contributed by atoms with Crippen molar-refractivity contribution in [1.29, 1.82) is 0 Å². The van der Waals surface area contributed by atoms with E-state index in [0.29, 0.717) is 5.69 Å². The van der Waals surface area contributed by atoms with Crippen molar-refractivity contribution in [3.05, 3.63) is 53.6 Å². The van der Waals surface area contributed by atoms with Crippen molar-refractivity contribution in [1.82, 2.24) is 34.0 Å². The van der Waals surface area contributed by atoms with E-state index < -0.39 is 6.10 Å². The van der Waals surface area contributed by atoms with Crippen molar-refractivity contribution in [3.63, 3.8) is 0 Å². The molecule has 1 atom stereocenters. The third kappa shape index (κ3) is 3.17. The van der Waals surface area contributed by atoms with Crippen LogP contribution in [0.5, 0.6) is 0 Å². The molecule has 8 nitrogen and oxygen atoms in total. The highest BCUT2D eigenvalue weighted by Gasteiger charge is 2.22. The van der Waals surface area contributed by atoms with Crippen molar-refractivity contribution < 1.29 is 5.11 Å². The van der Waals surface area contributed by atoms with Crippen LogP contribution in [0, 0.1) is 0 Å². The summed E-state index contributed by atoms with van der Waals surface area (Å²) in [5, 5.41) is 19.4. The Balaban J connectivity index is 1.53. The van der Waals surface area contributed by atoms with E-state index in [9.17, 15) is 5.11 Å². The SMILES string of the molecule is CCn1ccnc1CN1CCCn2nc([C@H](O)c3ccnn3C)cc2C1. The molecule has 1 aliphatic heterocycles. The van der Waals surface area contributed by atoms with E-state index in [4.69, 9.17) is 0 Å². The fourth-order valence-electron chi connectivity index (χ4n) is 3.60. The number of aliphatic hydroxyl groups excluding tert-OH is 1. The predicted octanol–water partition coefficient (Wildman–Crippen LogP) is 1.32. The first-order chi connectivity index (χ1) is 12.7. The lowest BCUT2D eigenvalue weighted by Gasteiger charge is -2.19. The summed E-state index contributed by atoms with van der Waals surface area (Å²) in [6.07, 6.45) is 5.86. The van der Waals surface area contributed by atoms with Crippen LogP contribution in [0.3, 0.4) is 0 Å². The Morgan fingerprint density at radius 3 is 2.92 bits per heavy atom. The number of hydrogen-bond acceptors (Lipinski definition) is 5. The minimum Gasteiger partial charge on any atom is -0.380 e. The van der Waals surface area contributed by atoms with Crippen LogP contribution in [-0.2, 0) is 33.2 Å². The molecule has 0 saturated carbocycles. The van der Waals surface area contributed by atoms with Gasteiger partial charge < -0.3 is 9.67 Å². The zero-order chi connectivity index (χ0) is 18.1. The molecule has 0 fully saturated rings. The van der Waals surface area contributed by atoms with E-state index in [1.54, 1.807) is 10.9 Å². The molecule has 0 amide bonds. The molecule has 4 heterocycles. The number of imidazole rings is 1. The molecule has 26 heavy (non-hydrogen) atoms. The van der Waals surface area contributed by atoms with Crippen molar-refractivity contribution in [3.8, 4) is 0 Å². The number of hydrogen-bond donors (Lipinski definition) is 1. The number of aliphatic hydroxyl groups is 1. The van der Waals surface area contributed by atoms with E-state index in [1.807, 2.05) is 36.3 Å². The lowest BCUT2D eigenvalue weighted by Crippen LogP contribution is -2.24. The van der Waals surface area contributed by atoms with Gasteiger partial charge in [-0.3, -0.25) is 14.3 Å². The summed E-state index contributed by atoms with van der Waals surface area (Å²) in [4.78, 5) is 6.89. The average Bonchev–Trinajstić information content (AvgIpc) is 3.33. The third-order valence-electron chi connectivity index (χ3n) is 5.04. The smallest absolute Gasteiger partial charge is 0.139 e. The maximum absolute atomic E-state index is 10.7. The zero-order valence-corrected chi connectivity index (χ0v) is 15.3. The lowest BCUT2D eigenvalue weighted by molar-refractivity contribution is 0.203. The number of aryl methyl sites for hydroxylation is 3. The Morgan fingerprint density at radius 2 is 2.15 bits per heavy atom. The van der Waals surface area contributed by atoms with E-state index in [2.05, 4.69) is 31.6 Å². The highest BCUT2D eigenvalue weighted by atomic mass is 16.3. The Morgan fingerprint density at radius 1 is 1.27 bits per heavy atom. The second kappa shape index (κ2) is 7.05. The number of fused-ring (bicyclic) bond motifs is 1. The Labute approximate surface area is 152 Å². The Bertz CT molecular complexity index is 878. The molecule has 0 aromatic carbocycles. The summed E-state index contributed by atoms with van der Waals surface area (Å²) in [5.41, 5.74) is 2.56. The highest BCUT2D eigenvalue weighted by molar-refractivity contribution is 5.21. The van der Waals surface area contributed by atoms with Gasteiger partial charge in [0.05, 0.1) is 23.6 Å². The standard InChI is InChI=1S/C18H25N7O/c1-3-24-10-7-19-17(24)13-23-8-4-9-25-14(12-23)11-15(21-25)18(26)16-5-6-20-22(16)2/h5-7,10-11,18,26H,3-4,8-9,12-13H2,1-2H3/t18-/m0/s1. The molecule has 8 heteroatoms. The van der Waals surface area contributed by atoms with Gasteiger partial charge in [-0.05, 0) is 25.5 Å². The minimum atomic E-state index is -0.755. The Kier molecular flexibility index (Phi) is 4.60. The van der Waals surface area contributed by atoms with E-state index in [-0.39, 0.29) is 0 Å². The molecule has 3 aromatic heterocycles. The van der Waals surface area contributed by atoms with Gasteiger partial charge >= 0.3 is 0 Å². The van der Waals surface area contributed by atoms with Crippen LogP contribution in [-0.4, -0.2) is 45.7 Å². The van der Waals surface area contributed by atoms with Gasteiger partial charge in [-0.25, -0.2) is 4.98 Å². The van der Waals surface area contributed by atoms with Crippen LogP contribution in [0.4, 0.5) is 0 Å². The summed E-state index contributed by atoms with van der Waals surface area (Å²) in [7, 11) is 1.83. The molecule has 0 radical (unpaired) electrons. The summed E-state index contributed by atoms with van der Waals surface area (Å²) in [6, 6.07) is 3.84. The van der Waals surface area contributed by atoms with Crippen molar-refractivity contribution in [2.45, 2.75) is 45.6 Å². The van der Waals surface area contributed by atoms with Gasteiger partial charge in [0, 0.05) is 51.8 Å². The van der Waals surface area contributed by atoms with Crippen molar-refractivity contribution in [2.75, 3.05) is 6.54 Å². The molecule has 1 N–H and O–H groups in total. The van der Waals surface area contributed by atoms with Gasteiger partial charge in [0.2, 0.25) is 0 Å². The van der Waals surface area contributed by atoms with Crippen LogP contribution in [0.1, 0.15) is 42.4 Å². The van der Waals surface area contributed by atoms with Crippen molar-refractivity contribution >= 4 is 0 Å². The van der Waals surface area contributed by atoms with Gasteiger partial charge in [0.1, 0.15) is 11.9 Å². The maximum atomic E-state index is 10.7. The molecule has 3 aromatic rings. The fourth-order valence-corrected chi connectivity index (χ4v) is 3.60. The number of aromatic nitrogens is 6. The summed E-state index contributed by atoms with van der Waals surface area (Å²) >= 11 is 0. The summed E-state index contributed by atoms with van der Waals surface area (Å²) < 4.78 is 5.90. The molecule has 0 bridgehead atoms. The minimum absolute atomic E-state index is 0.681. The molecule has 0 unspecified atom stereocenters. The first kappa shape index (κ1) is 17.0. The zero-order valence-electron chi connectivity index (χ0n) is 15.3. The predicted molar refractivity (Wildman–Crippen MR) is 96.1 cm³/mol. The van der Waals surface area contributed by atoms with Gasteiger partial charge in [0.25, 0.3) is 0 Å². The van der Waals surface area contributed by atoms with E-state index in [0.717, 1.165) is 56.4 Å². The quantitative estimate of drug-likeness (QED) is 0.747.